The molecule has 0 unspecified atom stereocenters. The Kier molecular flexibility index (Phi) is 7.94. The number of carbonyl (C=O) groups excluding carboxylic acids is 3. The number of nitrogens with one attached hydrogen (secondary N) is 1. The van der Waals surface area contributed by atoms with E-state index in [-0.39, 0.29) is 17.0 Å². The van der Waals surface area contributed by atoms with Crippen LogP contribution in [0.5, 0.6) is 0 Å². The zero-order valence-electron chi connectivity index (χ0n) is 20.5. The fraction of sp³-hybridized carbons (Fsp3) is 0.423. The summed E-state index contributed by atoms with van der Waals surface area (Å²) in [6, 6.07) is 8.52. The third kappa shape index (κ3) is 4.63. The van der Waals surface area contributed by atoms with Gasteiger partial charge >= 0.3 is 5.97 Å². The van der Waals surface area contributed by atoms with Gasteiger partial charge in [-0.2, -0.15) is 0 Å². The lowest BCUT2D eigenvalue weighted by molar-refractivity contribution is -0.140. The number of Topliss-reactive ketones (excluding diaryl/α,β-unsaturated/α-hetero) is 1. The fourth-order valence-corrected chi connectivity index (χ4v) is 4.64. The largest absolute Gasteiger partial charge is 0.507 e. The number of aromatic nitrogens is 1. The van der Waals surface area contributed by atoms with E-state index >= 15 is 0 Å². The van der Waals surface area contributed by atoms with Gasteiger partial charge in [0.25, 0.3) is 11.7 Å². The Morgan fingerprint density at radius 2 is 1.79 bits per heavy atom. The van der Waals surface area contributed by atoms with E-state index in [0.717, 1.165) is 25.2 Å². The van der Waals surface area contributed by atoms with Gasteiger partial charge in [-0.15, -0.1) is 0 Å². The van der Waals surface area contributed by atoms with Crippen LogP contribution >= 0.6 is 0 Å². The minimum absolute atomic E-state index is 0.0284. The first kappa shape index (κ1) is 25.2. The van der Waals surface area contributed by atoms with Gasteiger partial charge in [-0.05, 0) is 51.0 Å². The van der Waals surface area contributed by atoms with E-state index in [0.29, 0.717) is 29.8 Å². The Bertz CT molecular complexity index is 1100. The predicted molar refractivity (Wildman–Crippen MR) is 129 cm³/mol. The van der Waals surface area contributed by atoms with Gasteiger partial charge < -0.3 is 24.6 Å². The number of aliphatic hydroxyl groups is 1. The number of hydrogen-bond donors (Lipinski definition) is 2. The molecule has 0 aliphatic carbocycles. The van der Waals surface area contributed by atoms with Crippen LogP contribution in [0, 0.1) is 13.8 Å². The molecule has 1 aliphatic heterocycles. The second-order valence-corrected chi connectivity index (χ2v) is 8.40. The smallest absolute Gasteiger partial charge is 0.354 e. The summed E-state index contributed by atoms with van der Waals surface area (Å²) in [4.78, 5) is 45.2. The highest BCUT2D eigenvalue weighted by molar-refractivity contribution is 6.46. The van der Waals surface area contributed by atoms with Crippen molar-refractivity contribution in [2.45, 2.75) is 40.2 Å². The number of likely N-dealkylation sites (tertiary alicyclic amines) is 1. The summed E-state index contributed by atoms with van der Waals surface area (Å²) in [5.74, 6) is -2.22. The molecule has 2 heterocycles. The van der Waals surface area contributed by atoms with Gasteiger partial charge in [0.2, 0.25) is 0 Å². The number of hydrogen-bond acceptors (Lipinski definition) is 6. The average Bonchev–Trinajstić information content (AvgIpc) is 3.28. The average molecular weight is 468 g/mol. The van der Waals surface area contributed by atoms with Crippen molar-refractivity contribution >= 4 is 23.4 Å². The molecule has 1 aromatic heterocycles. The Morgan fingerprint density at radius 3 is 2.38 bits per heavy atom. The van der Waals surface area contributed by atoms with Crippen molar-refractivity contribution in [1.82, 2.24) is 14.8 Å². The summed E-state index contributed by atoms with van der Waals surface area (Å²) >= 11 is 0. The van der Waals surface area contributed by atoms with E-state index in [4.69, 9.17) is 4.74 Å². The molecule has 0 spiro atoms. The predicted octanol–water partition coefficient (Wildman–Crippen LogP) is 3.57. The molecule has 0 saturated carbocycles. The first-order valence-corrected chi connectivity index (χ1v) is 11.6. The van der Waals surface area contributed by atoms with Crippen molar-refractivity contribution in [3.63, 3.8) is 0 Å². The number of benzene rings is 1. The fourth-order valence-electron chi connectivity index (χ4n) is 4.64. The summed E-state index contributed by atoms with van der Waals surface area (Å²) < 4.78 is 4.82. The molecule has 1 fully saturated rings. The number of amides is 1. The topological polar surface area (TPSA) is 103 Å². The highest BCUT2D eigenvalue weighted by Gasteiger charge is 2.46. The van der Waals surface area contributed by atoms with Crippen LogP contribution in [0.2, 0.25) is 0 Å². The molecule has 1 aromatic carbocycles. The second-order valence-electron chi connectivity index (χ2n) is 8.40. The molecule has 1 amide bonds. The summed E-state index contributed by atoms with van der Waals surface area (Å²) in [5.41, 5.74) is 2.27. The molecule has 0 bridgehead atoms. The first-order chi connectivity index (χ1) is 16.3. The third-order valence-electron chi connectivity index (χ3n) is 6.49. The standard InChI is InChI=1S/C26H33N3O5/c1-6-28(7-2)14-11-15-29-22(18-12-9-8-10-13-18)20(24(31)25(29)32)23(30)19-16(3)21(26(33)34-5)27-17(19)4/h8-10,12-13,22,27,30H,6-7,11,14-15H2,1-5H3/b23-20+/t22-/m0/s1. The Balaban J connectivity index is 2.09. The normalized spacial score (nSPS) is 17.6. The van der Waals surface area contributed by atoms with E-state index in [1.165, 1.54) is 7.11 Å². The summed E-state index contributed by atoms with van der Waals surface area (Å²) in [6.45, 7) is 10.5. The Hall–Kier alpha value is -3.39. The van der Waals surface area contributed by atoms with Crippen LogP contribution in [0.25, 0.3) is 5.76 Å². The van der Waals surface area contributed by atoms with E-state index < -0.39 is 23.7 Å². The quantitative estimate of drug-likeness (QED) is 0.253. The van der Waals surface area contributed by atoms with E-state index in [1.54, 1.807) is 18.7 Å². The molecule has 1 saturated heterocycles. The van der Waals surface area contributed by atoms with Crippen LogP contribution in [0.1, 0.15) is 59.2 Å². The number of rotatable bonds is 9. The number of aryl methyl sites for hydroxylation is 1. The molecule has 8 nitrogen and oxygen atoms in total. The number of aromatic amines is 1. The molecular weight excluding hydrogens is 434 g/mol. The molecule has 8 heteroatoms. The van der Waals surface area contributed by atoms with Crippen molar-refractivity contribution in [3.8, 4) is 0 Å². The van der Waals surface area contributed by atoms with E-state index in [2.05, 4.69) is 23.7 Å². The SMILES string of the molecule is CCN(CC)CCCN1C(=O)C(=O)/C(=C(/O)c2c(C)[nH]c(C(=O)OC)c2C)[C@@H]1c1ccccc1. The summed E-state index contributed by atoms with van der Waals surface area (Å²) in [5, 5.41) is 11.4. The zero-order chi connectivity index (χ0) is 25.0. The van der Waals surface area contributed by atoms with Crippen LogP contribution in [0.4, 0.5) is 0 Å². The Morgan fingerprint density at radius 1 is 1.15 bits per heavy atom. The lowest BCUT2D eigenvalue weighted by Crippen LogP contribution is -2.33. The zero-order valence-corrected chi connectivity index (χ0v) is 20.5. The molecule has 1 atom stereocenters. The first-order valence-electron chi connectivity index (χ1n) is 11.6. The van der Waals surface area contributed by atoms with Gasteiger partial charge in [0.1, 0.15) is 11.5 Å². The number of H-pyrrole nitrogens is 1. The van der Waals surface area contributed by atoms with Crippen molar-refractivity contribution in [2.24, 2.45) is 0 Å². The number of ether oxygens (including phenoxy) is 1. The molecule has 2 aromatic rings. The molecule has 1 aliphatic rings. The number of methoxy groups -OCH3 is 1. The van der Waals surface area contributed by atoms with E-state index in [1.807, 2.05) is 30.3 Å². The molecular formula is C26H33N3O5. The Labute approximate surface area is 200 Å². The highest BCUT2D eigenvalue weighted by Crippen LogP contribution is 2.40. The minimum Gasteiger partial charge on any atom is -0.507 e. The number of esters is 1. The molecule has 0 radical (unpaired) electrons. The second kappa shape index (κ2) is 10.7. The number of nitrogens with zero attached hydrogens (tertiary/aromatic N) is 2. The maximum Gasteiger partial charge on any atom is 0.354 e. The lowest BCUT2D eigenvalue weighted by atomic mass is 9.94. The molecule has 3 rings (SSSR count). The highest BCUT2D eigenvalue weighted by atomic mass is 16.5. The van der Waals surface area contributed by atoms with Gasteiger partial charge in [-0.3, -0.25) is 9.59 Å². The number of ketones is 1. The molecule has 2 N–H and O–H groups in total. The van der Waals surface area contributed by atoms with Crippen molar-refractivity contribution in [1.29, 1.82) is 0 Å². The van der Waals surface area contributed by atoms with Gasteiger partial charge in [-0.1, -0.05) is 44.2 Å². The van der Waals surface area contributed by atoms with Crippen LogP contribution < -0.4 is 0 Å². The minimum atomic E-state index is -0.728. The number of carbonyl (C=O) groups is 3. The van der Waals surface area contributed by atoms with E-state index in [9.17, 15) is 19.5 Å². The van der Waals surface area contributed by atoms with Gasteiger partial charge in [0.15, 0.2) is 0 Å². The van der Waals surface area contributed by atoms with Gasteiger partial charge in [-0.25, -0.2) is 4.79 Å². The van der Waals surface area contributed by atoms with Crippen molar-refractivity contribution < 1.29 is 24.2 Å². The summed E-state index contributed by atoms with van der Waals surface area (Å²) in [7, 11) is 1.27. The van der Waals surface area contributed by atoms with Crippen molar-refractivity contribution in [2.75, 3.05) is 33.3 Å². The van der Waals surface area contributed by atoms with Gasteiger partial charge in [0.05, 0.1) is 18.7 Å². The summed E-state index contributed by atoms with van der Waals surface area (Å²) in [6.07, 6.45) is 0.701. The number of aliphatic hydroxyl groups excluding tert-OH is 1. The maximum absolute atomic E-state index is 13.2. The lowest BCUT2D eigenvalue weighted by Gasteiger charge is -2.26. The molecule has 34 heavy (non-hydrogen) atoms. The third-order valence-corrected chi connectivity index (χ3v) is 6.49. The van der Waals surface area contributed by atoms with Crippen LogP contribution in [-0.2, 0) is 14.3 Å². The van der Waals surface area contributed by atoms with Crippen LogP contribution in [0.3, 0.4) is 0 Å². The maximum atomic E-state index is 13.2. The van der Waals surface area contributed by atoms with Crippen LogP contribution in [-0.4, -0.2) is 70.8 Å². The monoisotopic (exact) mass is 467 g/mol. The van der Waals surface area contributed by atoms with Gasteiger partial charge in [0, 0.05) is 17.8 Å². The van der Waals surface area contributed by atoms with Crippen LogP contribution in [0.15, 0.2) is 35.9 Å². The molecule has 182 valence electrons. The van der Waals surface area contributed by atoms with Crippen molar-refractivity contribution in [3.05, 3.63) is 64.0 Å².